The third kappa shape index (κ3) is 2.58. The summed E-state index contributed by atoms with van der Waals surface area (Å²) in [7, 11) is 1.94. The first-order valence-corrected chi connectivity index (χ1v) is 6.21. The average Bonchev–Trinajstić information content (AvgIpc) is 2.38. The Morgan fingerprint density at radius 3 is 2.32 bits per heavy atom. The van der Waals surface area contributed by atoms with Gasteiger partial charge in [0.05, 0.1) is 5.56 Å². The van der Waals surface area contributed by atoms with Gasteiger partial charge in [-0.25, -0.2) is 4.98 Å². The fourth-order valence-corrected chi connectivity index (χ4v) is 2.09. The Morgan fingerprint density at radius 1 is 1.11 bits per heavy atom. The van der Waals surface area contributed by atoms with E-state index in [9.17, 15) is 5.26 Å². The van der Waals surface area contributed by atoms with Crippen molar-refractivity contribution in [3.05, 3.63) is 52.7 Å². The standard InChI is InChI=1S/C16H17N3/c1-11-5-7-14(8-6-11)19(4)16-15(10-17)12(2)9-13(3)18-16/h5-9H,1-4H3. The van der Waals surface area contributed by atoms with Gasteiger partial charge in [0.25, 0.3) is 0 Å². The molecule has 0 unspecified atom stereocenters. The van der Waals surface area contributed by atoms with Crippen LogP contribution in [0.3, 0.4) is 0 Å². The summed E-state index contributed by atoms with van der Waals surface area (Å²) in [5.74, 6) is 0.712. The zero-order valence-corrected chi connectivity index (χ0v) is 11.7. The lowest BCUT2D eigenvalue weighted by molar-refractivity contribution is 1.07. The average molecular weight is 251 g/mol. The van der Waals surface area contributed by atoms with Crippen LogP contribution in [0.15, 0.2) is 30.3 Å². The fraction of sp³-hybridized carbons (Fsp3) is 0.250. The van der Waals surface area contributed by atoms with Gasteiger partial charge in [-0.15, -0.1) is 0 Å². The predicted molar refractivity (Wildman–Crippen MR) is 77.7 cm³/mol. The van der Waals surface area contributed by atoms with Gasteiger partial charge >= 0.3 is 0 Å². The molecule has 0 aliphatic carbocycles. The largest absolute Gasteiger partial charge is 0.328 e. The van der Waals surface area contributed by atoms with Crippen LogP contribution in [0.4, 0.5) is 11.5 Å². The number of hydrogen-bond donors (Lipinski definition) is 0. The lowest BCUT2D eigenvalue weighted by Crippen LogP contribution is -2.14. The van der Waals surface area contributed by atoms with E-state index >= 15 is 0 Å². The molecule has 0 aliphatic rings. The van der Waals surface area contributed by atoms with E-state index in [2.05, 4.69) is 30.1 Å². The topological polar surface area (TPSA) is 39.9 Å². The SMILES string of the molecule is Cc1ccc(N(C)c2nc(C)cc(C)c2C#N)cc1. The molecule has 3 heteroatoms. The summed E-state index contributed by atoms with van der Waals surface area (Å²) >= 11 is 0. The van der Waals surface area contributed by atoms with Crippen LogP contribution >= 0.6 is 0 Å². The number of aromatic nitrogens is 1. The maximum Gasteiger partial charge on any atom is 0.151 e. The second kappa shape index (κ2) is 5.11. The van der Waals surface area contributed by atoms with Gasteiger partial charge in [-0.2, -0.15) is 5.26 Å². The predicted octanol–water partition coefficient (Wildman–Crippen LogP) is 3.65. The maximum atomic E-state index is 9.31. The van der Waals surface area contributed by atoms with Crippen molar-refractivity contribution in [1.82, 2.24) is 4.98 Å². The Balaban J connectivity index is 2.52. The zero-order chi connectivity index (χ0) is 14.0. The number of nitriles is 1. The molecule has 0 atom stereocenters. The molecule has 0 radical (unpaired) electrons. The van der Waals surface area contributed by atoms with E-state index < -0.39 is 0 Å². The summed E-state index contributed by atoms with van der Waals surface area (Å²) < 4.78 is 0. The molecular formula is C16H17N3. The Labute approximate surface area is 114 Å². The highest BCUT2D eigenvalue weighted by Crippen LogP contribution is 2.27. The van der Waals surface area contributed by atoms with E-state index in [0.717, 1.165) is 16.9 Å². The van der Waals surface area contributed by atoms with Gasteiger partial charge in [0.1, 0.15) is 6.07 Å². The minimum Gasteiger partial charge on any atom is -0.328 e. The third-order valence-corrected chi connectivity index (χ3v) is 3.18. The number of rotatable bonds is 2. The van der Waals surface area contributed by atoms with E-state index in [4.69, 9.17) is 0 Å². The fourth-order valence-electron chi connectivity index (χ4n) is 2.09. The summed E-state index contributed by atoms with van der Waals surface area (Å²) in [5, 5.41) is 9.31. The van der Waals surface area contributed by atoms with Gasteiger partial charge in [-0.3, -0.25) is 0 Å². The number of hydrogen-bond acceptors (Lipinski definition) is 3. The first-order chi connectivity index (χ1) is 9.02. The normalized spacial score (nSPS) is 10.1. The smallest absolute Gasteiger partial charge is 0.151 e. The Bertz CT molecular complexity index is 636. The molecule has 2 rings (SSSR count). The molecule has 1 heterocycles. The van der Waals surface area contributed by atoms with Crippen molar-refractivity contribution in [3.63, 3.8) is 0 Å². The molecule has 19 heavy (non-hydrogen) atoms. The summed E-state index contributed by atoms with van der Waals surface area (Å²) in [4.78, 5) is 6.46. The van der Waals surface area contributed by atoms with Crippen molar-refractivity contribution in [3.8, 4) is 6.07 Å². The van der Waals surface area contributed by atoms with Crippen LogP contribution in [0.2, 0.25) is 0 Å². The van der Waals surface area contributed by atoms with Gasteiger partial charge in [0.2, 0.25) is 0 Å². The number of benzene rings is 1. The number of anilines is 2. The van der Waals surface area contributed by atoms with Crippen LogP contribution in [0.5, 0.6) is 0 Å². The minimum atomic E-state index is 0.633. The van der Waals surface area contributed by atoms with E-state index in [1.54, 1.807) is 0 Å². The van der Waals surface area contributed by atoms with Crippen molar-refractivity contribution in [2.45, 2.75) is 20.8 Å². The van der Waals surface area contributed by atoms with E-state index in [1.165, 1.54) is 5.56 Å². The molecule has 0 amide bonds. The zero-order valence-electron chi connectivity index (χ0n) is 11.7. The van der Waals surface area contributed by atoms with Crippen molar-refractivity contribution in [2.24, 2.45) is 0 Å². The van der Waals surface area contributed by atoms with Crippen LogP contribution < -0.4 is 4.90 Å². The number of nitrogens with zero attached hydrogens (tertiary/aromatic N) is 3. The highest BCUT2D eigenvalue weighted by atomic mass is 15.2. The Kier molecular flexibility index (Phi) is 3.52. The van der Waals surface area contributed by atoms with E-state index in [1.807, 2.05) is 44.0 Å². The molecule has 0 saturated carbocycles. The Hall–Kier alpha value is -2.34. The van der Waals surface area contributed by atoms with Crippen LogP contribution in [0.1, 0.15) is 22.4 Å². The number of pyridine rings is 1. The number of aryl methyl sites for hydroxylation is 3. The first kappa shape index (κ1) is 13.1. The van der Waals surface area contributed by atoms with E-state index in [0.29, 0.717) is 11.4 Å². The molecule has 2 aromatic rings. The molecule has 0 spiro atoms. The van der Waals surface area contributed by atoms with Gasteiger partial charge < -0.3 is 4.90 Å². The van der Waals surface area contributed by atoms with Gasteiger partial charge in [0, 0.05) is 18.4 Å². The van der Waals surface area contributed by atoms with Crippen molar-refractivity contribution in [2.75, 3.05) is 11.9 Å². The van der Waals surface area contributed by atoms with E-state index in [-0.39, 0.29) is 0 Å². The molecule has 0 saturated heterocycles. The van der Waals surface area contributed by atoms with Crippen LogP contribution in [-0.4, -0.2) is 12.0 Å². The monoisotopic (exact) mass is 251 g/mol. The molecule has 1 aromatic carbocycles. The lowest BCUT2D eigenvalue weighted by Gasteiger charge is -2.21. The van der Waals surface area contributed by atoms with Gasteiger partial charge in [-0.1, -0.05) is 17.7 Å². The van der Waals surface area contributed by atoms with Crippen molar-refractivity contribution in [1.29, 1.82) is 5.26 Å². The molecule has 96 valence electrons. The molecular weight excluding hydrogens is 234 g/mol. The molecule has 1 aromatic heterocycles. The molecule has 0 fully saturated rings. The van der Waals surface area contributed by atoms with Crippen LogP contribution in [0.25, 0.3) is 0 Å². The van der Waals surface area contributed by atoms with Crippen molar-refractivity contribution >= 4 is 11.5 Å². The molecule has 0 bridgehead atoms. The summed E-state index contributed by atoms with van der Waals surface area (Å²) in [5.41, 5.74) is 4.76. The van der Waals surface area contributed by atoms with Gasteiger partial charge in [-0.05, 0) is 44.5 Å². The second-order valence-electron chi connectivity index (χ2n) is 4.79. The summed E-state index contributed by atoms with van der Waals surface area (Å²) in [6, 6.07) is 12.4. The molecule has 3 nitrogen and oxygen atoms in total. The highest BCUT2D eigenvalue weighted by molar-refractivity contribution is 5.67. The molecule has 0 aliphatic heterocycles. The minimum absolute atomic E-state index is 0.633. The van der Waals surface area contributed by atoms with Crippen molar-refractivity contribution < 1.29 is 0 Å². The Morgan fingerprint density at radius 2 is 1.74 bits per heavy atom. The quantitative estimate of drug-likeness (QED) is 0.818. The molecule has 0 N–H and O–H groups in total. The maximum absolute atomic E-state index is 9.31. The second-order valence-corrected chi connectivity index (χ2v) is 4.79. The van der Waals surface area contributed by atoms with Gasteiger partial charge in [0.15, 0.2) is 5.82 Å². The van der Waals surface area contributed by atoms with Crippen LogP contribution in [0, 0.1) is 32.1 Å². The lowest BCUT2D eigenvalue weighted by atomic mass is 10.1. The first-order valence-electron chi connectivity index (χ1n) is 6.21. The van der Waals surface area contributed by atoms with Crippen LogP contribution in [-0.2, 0) is 0 Å². The summed E-state index contributed by atoms with van der Waals surface area (Å²) in [6.45, 7) is 5.94. The summed E-state index contributed by atoms with van der Waals surface area (Å²) in [6.07, 6.45) is 0. The highest BCUT2D eigenvalue weighted by Gasteiger charge is 2.13. The third-order valence-electron chi connectivity index (χ3n) is 3.18.